The first-order chi connectivity index (χ1) is 13.6. The lowest BCUT2D eigenvalue weighted by Crippen LogP contribution is -2.46. The quantitative estimate of drug-likeness (QED) is 0.633. The number of nitrogens with zero attached hydrogens (tertiary/aromatic N) is 6. The topological polar surface area (TPSA) is 78.6 Å². The fourth-order valence-electron chi connectivity index (χ4n) is 3.61. The Balaban J connectivity index is 1.51. The van der Waals surface area contributed by atoms with Gasteiger partial charge in [0.2, 0.25) is 0 Å². The highest BCUT2D eigenvalue weighted by Crippen LogP contribution is 2.44. The van der Waals surface area contributed by atoms with Crippen LogP contribution in [0, 0.1) is 17.1 Å². The predicted octanol–water partition coefficient (Wildman–Crippen LogP) is 3.76. The number of rotatable bonds is 6. The average Bonchev–Trinajstić information content (AvgIpc) is 3.14. The largest absolute Gasteiger partial charge is 0.357 e. The molecule has 0 spiro atoms. The van der Waals surface area contributed by atoms with E-state index in [0.29, 0.717) is 24.4 Å². The van der Waals surface area contributed by atoms with Crippen LogP contribution in [0.15, 0.2) is 36.7 Å². The second-order valence-electron chi connectivity index (χ2n) is 7.07. The van der Waals surface area contributed by atoms with Crippen molar-refractivity contribution in [2.75, 3.05) is 18.5 Å². The zero-order valence-corrected chi connectivity index (χ0v) is 16.3. The maximum atomic E-state index is 14.3. The van der Waals surface area contributed by atoms with E-state index in [1.54, 1.807) is 18.5 Å². The molecule has 0 radical (unpaired) electrons. The molecule has 0 N–H and O–H groups in total. The second kappa shape index (κ2) is 7.60. The Hall–Kier alpha value is -2.92. The summed E-state index contributed by atoms with van der Waals surface area (Å²) in [4.78, 5) is 11.5. The number of hydrogen-bond acceptors (Lipinski definition) is 7. The third-order valence-electron chi connectivity index (χ3n) is 5.18. The van der Waals surface area contributed by atoms with Gasteiger partial charge in [-0.05, 0) is 37.1 Å². The number of nitriles is 1. The molecule has 0 atom stereocenters. The molecule has 1 aliphatic rings. The third kappa shape index (κ3) is 3.45. The average molecular weight is 394 g/mol. The van der Waals surface area contributed by atoms with E-state index in [1.807, 2.05) is 24.1 Å². The number of hydrogen-bond donors (Lipinski definition) is 0. The van der Waals surface area contributed by atoms with Crippen molar-refractivity contribution in [2.24, 2.45) is 0 Å². The van der Waals surface area contributed by atoms with Crippen LogP contribution in [0.5, 0.6) is 0 Å². The summed E-state index contributed by atoms with van der Waals surface area (Å²) in [7, 11) is 1.94. The summed E-state index contributed by atoms with van der Waals surface area (Å²) in [5.41, 5.74) is 0.952. The van der Waals surface area contributed by atoms with E-state index >= 15 is 0 Å². The van der Waals surface area contributed by atoms with Crippen molar-refractivity contribution in [3.63, 3.8) is 0 Å². The minimum atomic E-state index is -0.276. The maximum absolute atomic E-state index is 14.3. The van der Waals surface area contributed by atoms with Crippen LogP contribution < -0.4 is 4.90 Å². The third-order valence-corrected chi connectivity index (χ3v) is 6.20. The molecule has 1 fully saturated rings. The van der Waals surface area contributed by atoms with Crippen molar-refractivity contribution in [2.45, 2.75) is 31.1 Å². The van der Waals surface area contributed by atoms with E-state index in [-0.39, 0.29) is 11.2 Å². The normalized spacial score (nSPS) is 14.9. The van der Waals surface area contributed by atoms with Crippen LogP contribution in [0.3, 0.4) is 0 Å². The predicted molar refractivity (Wildman–Crippen MR) is 105 cm³/mol. The van der Waals surface area contributed by atoms with Crippen LogP contribution in [-0.2, 0) is 11.8 Å². The van der Waals surface area contributed by atoms with E-state index in [2.05, 4.69) is 26.2 Å². The molecule has 3 aromatic heterocycles. The Morgan fingerprint density at radius 1 is 1.25 bits per heavy atom. The number of aromatic nitrogens is 4. The summed E-state index contributed by atoms with van der Waals surface area (Å²) in [5, 5.41) is 18.2. The van der Waals surface area contributed by atoms with Gasteiger partial charge in [0.1, 0.15) is 16.5 Å². The monoisotopic (exact) mass is 394 g/mol. The Bertz CT molecular complexity index is 1010. The molecule has 3 heterocycles. The minimum absolute atomic E-state index is 0.242. The van der Waals surface area contributed by atoms with Crippen molar-refractivity contribution in [3.05, 3.63) is 53.0 Å². The highest BCUT2D eigenvalue weighted by Gasteiger charge is 2.43. The molecule has 1 saturated carbocycles. The van der Waals surface area contributed by atoms with Gasteiger partial charge in [0, 0.05) is 36.3 Å². The fourth-order valence-corrected chi connectivity index (χ4v) is 4.42. The highest BCUT2D eigenvalue weighted by atomic mass is 32.1. The Morgan fingerprint density at radius 2 is 2.11 bits per heavy atom. The van der Waals surface area contributed by atoms with E-state index in [9.17, 15) is 4.39 Å². The van der Waals surface area contributed by atoms with Gasteiger partial charge < -0.3 is 4.90 Å². The first-order valence-corrected chi connectivity index (χ1v) is 9.91. The van der Waals surface area contributed by atoms with E-state index in [0.717, 1.165) is 35.0 Å². The lowest BCUT2D eigenvalue weighted by molar-refractivity contribution is 0.233. The SMILES string of the molecule is CN(CC1(c2ncccc2F)CCC1)c1ccc(-c2ncc(CC#N)s2)nn1. The van der Waals surface area contributed by atoms with Gasteiger partial charge in [0.05, 0.1) is 18.2 Å². The van der Waals surface area contributed by atoms with Crippen LogP contribution in [0.25, 0.3) is 10.7 Å². The lowest BCUT2D eigenvalue weighted by atomic mass is 9.66. The molecule has 0 amide bonds. The van der Waals surface area contributed by atoms with E-state index < -0.39 is 0 Å². The Kier molecular flexibility index (Phi) is 5.01. The summed E-state index contributed by atoms with van der Waals surface area (Å²) in [5.74, 6) is 0.481. The molecule has 0 saturated heterocycles. The van der Waals surface area contributed by atoms with Gasteiger partial charge in [0.15, 0.2) is 5.82 Å². The number of likely N-dealkylation sites (N-methyl/N-ethyl adjacent to an activating group) is 1. The van der Waals surface area contributed by atoms with Crippen molar-refractivity contribution < 1.29 is 4.39 Å². The molecule has 4 rings (SSSR count). The Labute approximate surface area is 166 Å². The summed E-state index contributed by atoms with van der Waals surface area (Å²) in [6.07, 6.45) is 6.60. The van der Waals surface area contributed by atoms with Gasteiger partial charge in [-0.25, -0.2) is 9.37 Å². The van der Waals surface area contributed by atoms with Crippen molar-refractivity contribution in [3.8, 4) is 16.8 Å². The second-order valence-corrected chi connectivity index (χ2v) is 8.18. The van der Waals surface area contributed by atoms with E-state index in [1.165, 1.54) is 17.4 Å². The van der Waals surface area contributed by atoms with Gasteiger partial charge in [-0.1, -0.05) is 6.42 Å². The van der Waals surface area contributed by atoms with Gasteiger partial charge in [-0.2, -0.15) is 5.26 Å². The first kappa shape index (κ1) is 18.4. The molecule has 0 bridgehead atoms. The van der Waals surface area contributed by atoms with Crippen molar-refractivity contribution >= 4 is 17.2 Å². The summed E-state index contributed by atoms with van der Waals surface area (Å²) >= 11 is 1.45. The fraction of sp³-hybridized carbons (Fsp3) is 0.350. The van der Waals surface area contributed by atoms with Gasteiger partial charge >= 0.3 is 0 Å². The van der Waals surface area contributed by atoms with Crippen LogP contribution in [0.2, 0.25) is 0 Å². The molecule has 0 aromatic carbocycles. The highest BCUT2D eigenvalue weighted by molar-refractivity contribution is 7.15. The molecule has 0 aliphatic heterocycles. The molecule has 3 aromatic rings. The van der Waals surface area contributed by atoms with Gasteiger partial charge in [-0.3, -0.25) is 4.98 Å². The first-order valence-electron chi connectivity index (χ1n) is 9.09. The minimum Gasteiger partial charge on any atom is -0.357 e. The van der Waals surface area contributed by atoms with Crippen molar-refractivity contribution in [1.29, 1.82) is 5.26 Å². The van der Waals surface area contributed by atoms with Crippen LogP contribution >= 0.6 is 11.3 Å². The zero-order valence-electron chi connectivity index (χ0n) is 15.5. The summed E-state index contributed by atoms with van der Waals surface area (Å²) in [6, 6.07) is 9.00. The van der Waals surface area contributed by atoms with E-state index in [4.69, 9.17) is 5.26 Å². The smallest absolute Gasteiger partial charge is 0.151 e. The molecule has 8 heteroatoms. The number of pyridine rings is 1. The number of halogens is 1. The molecular formula is C20H19FN6S. The standard InChI is InChI=1S/C20H19FN6S/c1-27(13-20(8-3-9-20)18-15(21)4-2-11-23-18)17-6-5-16(25-26-17)19-24-12-14(28-19)7-10-22/h2,4-6,11-12H,3,7-9,13H2,1H3. The number of thiazole rings is 1. The van der Waals surface area contributed by atoms with Crippen molar-refractivity contribution in [1.82, 2.24) is 20.2 Å². The van der Waals surface area contributed by atoms with Crippen LogP contribution in [0.4, 0.5) is 10.2 Å². The number of anilines is 1. The Morgan fingerprint density at radius 3 is 2.75 bits per heavy atom. The molecule has 1 aliphatic carbocycles. The molecule has 0 unspecified atom stereocenters. The maximum Gasteiger partial charge on any atom is 0.151 e. The molecular weight excluding hydrogens is 375 g/mol. The summed E-state index contributed by atoms with van der Waals surface area (Å²) < 4.78 is 14.3. The molecule has 6 nitrogen and oxygen atoms in total. The van der Waals surface area contributed by atoms with Crippen LogP contribution in [-0.4, -0.2) is 33.8 Å². The van der Waals surface area contributed by atoms with Gasteiger partial charge in [-0.15, -0.1) is 21.5 Å². The summed E-state index contributed by atoms with van der Waals surface area (Å²) in [6.45, 7) is 0.637. The van der Waals surface area contributed by atoms with Crippen LogP contribution in [0.1, 0.15) is 29.8 Å². The molecule has 28 heavy (non-hydrogen) atoms. The lowest BCUT2D eigenvalue weighted by Gasteiger charge is -2.44. The molecule has 142 valence electrons. The van der Waals surface area contributed by atoms with Gasteiger partial charge in [0.25, 0.3) is 0 Å². The zero-order chi connectivity index (χ0) is 19.6.